The highest BCUT2D eigenvalue weighted by Gasteiger charge is 2.20. The Morgan fingerprint density at radius 3 is 2.61 bits per heavy atom. The first kappa shape index (κ1) is 11.1. The van der Waals surface area contributed by atoms with Crippen LogP contribution >= 0.6 is 0 Å². The summed E-state index contributed by atoms with van der Waals surface area (Å²) < 4.78 is 5.58. The topological polar surface area (TPSA) is 24.5 Å². The van der Waals surface area contributed by atoms with Crippen molar-refractivity contribution < 1.29 is 4.74 Å². The third-order valence-corrected chi connectivity index (χ3v) is 3.14. The molecule has 1 atom stereocenters. The Kier molecular flexibility index (Phi) is 2.68. The molecule has 0 saturated carbocycles. The molecule has 1 N–H and O–H groups in total. The van der Waals surface area contributed by atoms with Crippen molar-refractivity contribution in [3.05, 3.63) is 54.3 Å². The van der Waals surface area contributed by atoms with Gasteiger partial charge in [0.15, 0.2) is 0 Å². The van der Waals surface area contributed by atoms with Crippen molar-refractivity contribution in [2.75, 3.05) is 14.1 Å². The second kappa shape index (κ2) is 4.35. The molecule has 0 radical (unpaired) electrons. The van der Waals surface area contributed by atoms with E-state index in [1.54, 1.807) is 6.26 Å². The third kappa shape index (κ3) is 1.83. The number of hydrogen-bond donors (Lipinski definition) is 1. The predicted octanol–water partition coefficient (Wildman–Crippen LogP) is 2.60. The number of benzene rings is 2. The average molecular weight is 240 g/mol. The number of fused-ring (bicyclic) bond motifs is 1. The molecule has 2 aromatic carbocycles. The van der Waals surface area contributed by atoms with Crippen molar-refractivity contribution >= 4 is 16.5 Å². The van der Waals surface area contributed by atoms with Gasteiger partial charge in [0.2, 0.25) is 6.35 Å². The molecular weight excluding hydrogens is 224 g/mol. The van der Waals surface area contributed by atoms with E-state index in [4.69, 9.17) is 4.74 Å². The molecule has 0 bridgehead atoms. The summed E-state index contributed by atoms with van der Waals surface area (Å²) in [6, 6.07) is 14.7. The summed E-state index contributed by atoms with van der Waals surface area (Å²) in [4.78, 5) is 1.99. The van der Waals surface area contributed by atoms with Crippen molar-refractivity contribution in [1.82, 2.24) is 10.2 Å². The average Bonchev–Trinajstić information content (AvgIpc) is 2.87. The fourth-order valence-electron chi connectivity index (χ4n) is 2.19. The number of hydrogen-bond acceptors (Lipinski definition) is 3. The molecule has 1 heterocycles. The van der Waals surface area contributed by atoms with Gasteiger partial charge in [-0.15, -0.1) is 0 Å². The molecule has 0 saturated heterocycles. The highest BCUT2D eigenvalue weighted by molar-refractivity contribution is 5.93. The van der Waals surface area contributed by atoms with Gasteiger partial charge in [-0.25, -0.2) is 0 Å². The molecule has 3 rings (SSSR count). The second-order valence-electron chi connectivity index (χ2n) is 4.65. The Balaban J connectivity index is 2.01. The Morgan fingerprint density at radius 1 is 1.06 bits per heavy atom. The summed E-state index contributed by atoms with van der Waals surface area (Å²) in [6.07, 6.45) is 1.71. The number of nitrogens with one attached hydrogen (secondary N) is 1. The molecule has 3 heteroatoms. The predicted molar refractivity (Wildman–Crippen MR) is 73.6 cm³/mol. The van der Waals surface area contributed by atoms with E-state index in [9.17, 15) is 0 Å². The number of rotatable bonds is 2. The lowest BCUT2D eigenvalue weighted by molar-refractivity contribution is 0.0283. The second-order valence-corrected chi connectivity index (χ2v) is 4.65. The molecule has 0 fully saturated rings. The SMILES string of the molecule is CN(C)C1NC(c2cccc3ccccc23)=CO1. The summed E-state index contributed by atoms with van der Waals surface area (Å²) in [7, 11) is 3.97. The summed E-state index contributed by atoms with van der Waals surface area (Å²) >= 11 is 0. The van der Waals surface area contributed by atoms with E-state index in [2.05, 4.69) is 47.8 Å². The van der Waals surface area contributed by atoms with Crippen LogP contribution in [-0.2, 0) is 4.74 Å². The van der Waals surface area contributed by atoms with Crippen molar-refractivity contribution in [3.8, 4) is 0 Å². The van der Waals surface area contributed by atoms with Crippen molar-refractivity contribution in [1.29, 1.82) is 0 Å². The molecule has 1 aliphatic heterocycles. The first-order valence-electron chi connectivity index (χ1n) is 6.02. The number of ether oxygens (including phenoxy) is 1. The van der Waals surface area contributed by atoms with Crippen LogP contribution < -0.4 is 5.32 Å². The van der Waals surface area contributed by atoms with Gasteiger partial charge in [-0.3, -0.25) is 4.90 Å². The fraction of sp³-hybridized carbons (Fsp3) is 0.200. The van der Waals surface area contributed by atoms with Gasteiger partial charge >= 0.3 is 0 Å². The largest absolute Gasteiger partial charge is 0.463 e. The van der Waals surface area contributed by atoms with E-state index in [0.29, 0.717) is 0 Å². The van der Waals surface area contributed by atoms with E-state index in [0.717, 1.165) is 5.70 Å². The van der Waals surface area contributed by atoms with Gasteiger partial charge < -0.3 is 10.1 Å². The molecule has 3 nitrogen and oxygen atoms in total. The van der Waals surface area contributed by atoms with Crippen LogP contribution in [0.25, 0.3) is 16.5 Å². The molecule has 2 aromatic rings. The summed E-state index contributed by atoms with van der Waals surface area (Å²) in [5.74, 6) is 0. The normalized spacial score (nSPS) is 18.6. The molecule has 0 spiro atoms. The van der Waals surface area contributed by atoms with Crippen LogP contribution in [0.4, 0.5) is 0 Å². The van der Waals surface area contributed by atoms with Crippen LogP contribution in [0.5, 0.6) is 0 Å². The van der Waals surface area contributed by atoms with Crippen LogP contribution in [0.15, 0.2) is 48.7 Å². The summed E-state index contributed by atoms with van der Waals surface area (Å²) in [5.41, 5.74) is 2.21. The van der Waals surface area contributed by atoms with Gasteiger partial charge in [0.05, 0.1) is 5.70 Å². The van der Waals surface area contributed by atoms with Gasteiger partial charge in [0.1, 0.15) is 6.26 Å². The van der Waals surface area contributed by atoms with E-state index >= 15 is 0 Å². The zero-order valence-electron chi connectivity index (χ0n) is 10.6. The maximum absolute atomic E-state index is 5.58. The first-order chi connectivity index (χ1) is 8.75. The highest BCUT2D eigenvalue weighted by atomic mass is 16.5. The molecule has 1 unspecified atom stereocenters. The summed E-state index contributed by atoms with van der Waals surface area (Å²) in [6.45, 7) is 0. The zero-order chi connectivity index (χ0) is 12.5. The van der Waals surface area contributed by atoms with E-state index in [-0.39, 0.29) is 6.35 Å². The molecular formula is C15H16N2O. The van der Waals surface area contributed by atoms with Crippen LogP contribution in [0.2, 0.25) is 0 Å². The Morgan fingerprint density at radius 2 is 1.83 bits per heavy atom. The van der Waals surface area contributed by atoms with Crippen molar-refractivity contribution in [2.45, 2.75) is 6.35 Å². The Labute approximate surface area is 107 Å². The lowest BCUT2D eigenvalue weighted by Gasteiger charge is -2.19. The maximum Gasteiger partial charge on any atom is 0.229 e. The third-order valence-electron chi connectivity index (χ3n) is 3.14. The van der Waals surface area contributed by atoms with Gasteiger partial charge in [-0.1, -0.05) is 42.5 Å². The monoisotopic (exact) mass is 240 g/mol. The quantitative estimate of drug-likeness (QED) is 0.873. The molecule has 0 amide bonds. The highest BCUT2D eigenvalue weighted by Crippen LogP contribution is 2.26. The van der Waals surface area contributed by atoms with E-state index in [1.165, 1.54) is 16.3 Å². The maximum atomic E-state index is 5.58. The summed E-state index contributed by atoms with van der Waals surface area (Å²) in [5, 5.41) is 5.84. The van der Waals surface area contributed by atoms with Crippen LogP contribution in [0.3, 0.4) is 0 Å². The molecule has 1 aliphatic rings. The first-order valence-corrected chi connectivity index (χ1v) is 6.02. The minimum Gasteiger partial charge on any atom is -0.463 e. The van der Waals surface area contributed by atoms with Crippen LogP contribution in [0, 0.1) is 0 Å². The van der Waals surface area contributed by atoms with Crippen molar-refractivity contribution in [2.24, 2.45) is 0 Å². The molecule has 0 aromatic heterocycles. The standard InChI is InChI=1S/C15H16N2O/c1-17(2)15-16-14(10-18-15)13-9-5-7-11-6-3-4-8-12(11)13/h3-10,15-16H,1-2H3. The molecule has 0 aliphatic carbocycles. The Hall–Kier alpha value is -2.00. The lowest BCUT2D eigenvalue weighted by atomic mass is 10.0. The fourth-order valence-corrected chi connectivity index (χ4v) is 2.19. The van der Waals surface area contributed by atoms with E-state index in [1.807, 2.05) is 19.0 Å². The van der Waals surface area contributed by atoms with Gasteiger partial charge in [0, 0.05) is 5.56 Å². The van der Waals surface area contributed by atoms with Crippen LogP contribution in [0.1, 0.15) is 5.56 Å². The van der Waals surface area contributed by atoms with Gasteiger partial charge in [-0.2, -0.15) is 0 Å². The van der Waals surface area contributed by atoms with Gasteiger partial charge in [0.25, 0.3) is 0 Å². The van der Waals surface area contributed by atoms with Crippen molar-refractivity contribution in [3.63, 3.8) is 0 Å². The molecule has 92 valence electrons. The number of nitrogens with zero attached hydrogens (tertiary/aromatic N) is 1. The molecule has 18 heavy (non-hydrogen) atoms. The Bertz CT molecular complexity index is 599. The van der Waals surface area contributed by atoms with Crippen LogP contribution in [-0.4, -0.2) is 25.3 Å². The van der Waals surface area contributed by atoms with E-state index < -0.39 is 0 Å². The van der Waals surface area contributed by atoms with Gasteiger partial charge in [-0.05, 0) is 24.9 Å². The lowest BCUT2D eigenvalue weighted by Crippen LogP contribution is -2.37. The zero-order valence-corrected chi connectivity index (χ0v) is 10.6. The minimum absolute atomic E-state index is 0.0843. The minimum atomic E-state index is -0.0843. The smallest absolute Gasteiger partial charge is 0.229 e.